The van der Waals surface area contributed by atoms with Crippen LogP contribution in [0.4, 0.5) is 4.39 Å². The quantitative estimate of drug-likeness (QED) is 0.775. The molecule has 0 spiro atoms. The SMILES string of the molecule is CCC1CCCC(O)(c2ccc(C)c(F)c2)CC1. The highest BCUT2D eigenvalue weighted by atomic mass is 19.1. The zero-order valence-corrected chi connectivity index (χ0v) is 11.4. The number of rotatable bonds is 2. The standard InChI is InChI=1S/C16H23FO/c1-3-13-5-4-9-16(18,10-8-13)14-7-6-12(2)15(17)11-14/h6-7,11,13,18H,3-5,8-10H2,1-2H3. The van der Waals surface area contributed by atoms with Crippen molar-refractivity contribution in [1.82, 2.24) is 0 Å². The highest BCUT2D eigenvalue weighted by Crippen LogP contribution is 2.38. The van der Waals surface area contributed by atoms with Gasteiger partial charge in [-0.05, 0) is 55.7 Å². The third-order valence-electron chi connectivity index (χ3n) is 4.46. The molecular weight excluding hydrogens is 227 g/mol. The summed E-state index contributed by atoms with van der Waals surface area (Å²) in [4.78, 5) is 0. The van der Waals surface area contributed by atoms with Crippen molar-refractivity contribution in [3.05, 3.63) is 35.1 Å². The number of hydrogen-bond acceptors (Lipinski definition) is 1. The fourth-order valence-electron chi connectivity index (χ4n) is 2.97. The van der Waals surface area contributed by atoms with Crippen molar-refractivity contribution in [3.63, 3.8) is 0 Å². The number of halogens is 1. The van der Waals surface area contributed by atoms with Crippen molar-refractivity contribution < 1.29 is 9.50 Å². The zero-order chi connectivity index (χ0) is 13.2. The van der Waals surface area contributed by atoms with Crippen molar-refractivity contribution in [2.75, 3.05) is 0 Å². The van der Waals surface area contributed by atoms with Crippen molar-refractivity contribution in [3.8, 4) is 0 Å². The summed E-state index contributed by atoms with van der Waals surface area (Å²) in [7, 11) is 0. The van der Waals surface area contributed by atoms with E-state index in [1.54, 1.807) is 13.0 Å². The molecule has 1 saturated carbocycles. The average Bonchev–Trinajstić information content (AvgIpc) is 2.55. The molecule has 1 aliphatic rings. The first-order chi connectivity index (χ1) is 8.55. The smallest absolute Gasteiger partial charge is 0.126 e. The van der Waals surface area contributed by atoms with Crippen molar-refractivity contribution in [2.24, 2.45) is 5.92 Å². The van der Waals surface area contributed by atoms with E-state index < -0.39 is 5.60 Å². The highest BCUT2D eigenvalue weighted by molar-refractivity contribution is 5.28. The van der Waals surface area contributed by atoms with Gasteiger partial charge in [0, 0.05) is 0 Å². The number of hydrogen-bond donors (Lipinski definition) is 1. The fourth-order valence-corrected chi connectivity index (χ4v) is 2.97. The van der Waals surface area contributed by atoms with Gasteiger partial charge in [-0.2, -0.15) is 0 Å². The van der Waals surface area contributed by atoms with E-state index in [4.69, 9.17) is 0 Å². The van der Waals surface area contributed by atoms with E-state index in [0.717, 1.165) is 31.2 Å². The molecule has 0 aromatic heterocycles. The van der Waals surface area contributed by atoms with Gasteiger partial charge in [0.15, 0.2) is 0 Å². The molecule has 2 unspecified atom stereocenters. The van der Waals surface area contributed by atoms with Crippen LogP contribution in [0, 0.1) is 18.7 Å². The Hall–Kier alpha value is -0.890. The summed E-state index contributed by atoms with van der Waals surface area (Å²) in [6.45, 7) is 3.96. The van der Waals surface area contributed by atoms with Crippen LogP contribution in [-0.4, -0.2) is 5.11 Å². The number of benzene rings is 1. The molecular formula is C16H23FO. The Morgan fingerprint density at radius 1 is 1.33 bits per heavy atom. The summed E-state index contributed by atoms with van der Waals surface area (Å²) in [5, 5.41) is 10.8. The molecule has 1 aromatic carbocycles. The molecule has 0 bridgehead atoms. The lowest BCUT2D eigenvalue weighted by Crippen LogP contribution is -2.25. The second kappa shape index (κ2) is 5.40. The predicted octanol–water partition coefficient (Wildman–Crippen LogP) is 4.31. The molecule has 1 fully saturated rings. The van der Waals surface area contributed by atoms with Crippen LogP contribution < -0.4 is 0 Å². The van der Waals surface area contributed by atoms with Gasteiger partial charge in [0.25, 0.3) is 0 Å². The molecule has 0 radical (unpaired) electrons. The van der Waals surface area contributed by atoms with E-state index >= 15 is 0 Å². The molecule has 2 rings (SSSR count). The summed E-state index contributed by atoms with van der Waals surface area (Å²) in [5.41, 5.74) is 0.572. The third-order valence-corrected chi connectivity index (χ3v) is 4.46. The van der Waals surface area contributed by atoms with E-state index in [1.165, 1.54) is 18.9 Å². The fraction of sp³-hybridized carbons (Fsp3) is 0.625. The van der Waals surface area contributed by atoms with Gasteiger partial charge in [0.05, 0.1) is 5.60 Å². The van der Waals surface area contributed by atoms with E-state index in [2.05, 4.69) is 6.92 Å². The Bertz CT molecular complexity index is 416. The first-order valence-corrected chi connectivity index (χ1v) is 7.04. The molecule has 0 amide bonds. The lowest BCUT2D eigenvalue weighted by atomic mass is 9.85. The van der Waals surface area contributed by atoms with Crippen LogP contribution in [0.3, 0.4) is 0 Å². The van der Waals surface area contributed by atoms with Crippen LogP contribution in [-0.2, 0) is 5.60 Å². The van der Waals surface area contributed by atoms with Crippen molar-refractivity contribution in [2.45, 2.75) is 58.0 Å². The predicted molar refractivity (Wildman–Crippen MR) is 71.9 cm³/mol. The summed E-state index contributed by atoms with van der Waals surface area (Å²) in [6.07, 6.45) is 5.96. The minimum Gasteiger partial charge on any atom is -0.385 e. The van der Waals surface area contributed by atoms with Gasteiger partial charge in [0.1, 0.15) is 5.82 Å². The number of aryl methyl sites for hydroxylation is 1. The minimum atomic E-state index is -0.821. The first-order valence-electron chi connectivity index (χ1n) is 7.04. The van der Waals surface area contributed by atoms with Crippen LogP contribution in [0.1, 0.15) is 56.6 Å². The maximum absolute atomic E-state index is 13.6. The Balaban J connectivity index is 2.21. The monoisotopic (exact) mass is 250 g/mol. The van der Waals surface area contributed by atoms with Crippen LogP contribution in [0.15, 0.2) is 18.2 Å². The molecule has 2 heteroatoms. The maximum Gasteiger partial charge on any atom is 0.126 e. The molecule has 0 heterocycles. The van der Waals surface area contributed by atoms with E-state index in [0.29, 0.717) is 11.5 Å². The molecule has 1 N–H and O–H groups in total. The molecule has 0 saturated heterocycles. The van der Waals surface area contributed by atoms with Crippen molar-refractivity contribution in [1.29, 1.82) is 0 Å². The highest BCUT2D eigenvalue weighted by Gasteiger charge is 2.32. The van der Waals surface area contributed by atoms with Gasteiger partial charge in [-0.15, -0.1) is 0 Å². The molecule has 0 aliphatic heterocycles. The van der Waals surface area contributed by atoms with Gasteiger partial charge in [-0.1, -0.05) is 31.9 Å². The molecule has 2 atom stereocenters. The second-order valence-electron chi connectivity index (χ2n) is 5.70. The topological polar surface area (TPSA) is 20.2 Å². The molecule has 1 aliphatic carbocycles. The Morgan fingerprint density at radius 3 is 2.78 bits per heavy atom. The third kappa shape index (κ3) is 2.74. The molecule has 1 aromatic rings. The lowest BCUT2D eigenvalue weighted by molar-refractivity contribution is 0.0193. The Labute approximate surface area is 109 Å². The van der Waals surface area contributed by atoms with E-state index in [-0.39, 0.29) is 5.82 Å². The van der Waals surface area contributed by atoms with E-state index in [1.807, 2.05) is 6.07 Å². The average molecular weight is 250 g/mol. The van der Waals surface area contributed by atoms with Gasteiger partial charge in [-0.3, -0.25) is 0 Å². The summed E-state index contributed by atoms with van der Waals surface area (Å²) >= 11 is 0. The summed E-state index contributed by atoms with van der Waals surface area (Å²) < 4.78 is 13.6. The molecule has 1 nitrogen and oxygen atoms in total. The Kier molecular flexibility index (Phi) is 4.06. The number of aliphatic hydroxyl groups is 1. The van der Waals surface area contributed by atoms with Crippen LogP contribution >= 0.6 is 0 Å². The minimum absolute atomic E-state index is 0.211. The van der Waals surface area contributed by atoms with Gasteiger partial charge in [-0.25, -0.2) is 4.39 Å². The lowest BCUT2D eigenvalue weighted by Gasteiger charge is -2.27. The Morgan fingerprint density at radius 2 is 2.11 bits per heavy atom. The van der Waals surface area contributed by atoms with Crippen LogP contribution in [0.25, 0.3) is 0 Å². The van der Waals surface area contributed by atoms with Crippen LogP contribution in [0.2, 0.25) is 0 Å². The largest absolute Gasteiger partial charge is 0.385 e. The van der Waals surface area contributed by atoms with Gasteiger partial charge in [0.2, 0.25) is 0 Å². The normalized spacial score (nSPS) is 29.0. The second-order valence-corrected chi connectivity index (χ2v) is 5.70. The van der Waals surface area contributed by atoms with Gasteiger partial charge < -0.3 is 5.11 Å². The summed E-state index contributed by atoms with van der Waals surface area (Å²) in [6, 6.07) is 5.16. The van der Waals surface area contributed by atoms with Gasteiger partial charge >= 0.3 is 0 Å². The first kappa shape index (κ1) is 13.5. The van der Waals surface area contributed by atoms with Crippen molar-refractivity contribution >= 4 is 0 Å². The van der Waals surface area contributed by atoms with E-state index in [9.17, 15) is 9.50 Å². The maximum atomic E-state index is 13.6. The molecule has 18 heavy (non-hydrogen) atoms. The summed E-state index contributed by atoms with van der Waals surface area (Å²) in [5.74, 6) is 0.506. The molecule has 100 valence electrons. The zero-order valence-electron chi connectivity index (χ0n) is 11.4. The van der Waals surface area contributed by atoms with Crippen LogP contribution in [0.5, 0.6) is 0 Å².